The lowest BCUT2D eigenvalue weighted by atomic mass is 9.82. The summed E-state index contributed by atoms with van der Waals surface area (Å²) in [5.41, 5.74) is -4.62. The molecule has 0 aromatic rings. The number of allylic oxidation sites excluding steroid dienone is 3. The summed E-state index contributed by atoms with van der Waals surface area (Å²) in [7, 11) is 2.00. The van der Waals surface area contributed by atoms with Crippen molar-refractivity contribution in [2.45, 2.75) is 39.8 Å². The molecule has 0 N–H and O–H groups in total. The van der Waals surface area contributed by atoms with Crippen LogP contribution in [0.15, 0.2) is 22.3 Å². The molecule has 156 valence electrons. The summed E-state index contributed by atoms with van der Waals surface area (Å²) in [6, 6.07) is 0. The molecular formula is C18H21F3O7. The average Bonchev–Trinajstić information content (AvgIpc) is 3.01. The zero-order chi connectivity index (χ0) is 21.9. The SMILES string of the molecule is CCOC(=O)/C(=C(/C)C1=C(C(C)=O)CC(C(=O)OC)(C(=O)OC)C1)C(F)(F)F. The number of Topliss-reactive ketones (excluding diaryl/α,β-unsaturated/α-hetero) is 1. The molecule has 0 spiro atoms. The van der Waals surface area contributed by atoms with Gasteiger partial charge in [0.2, 0.25) is 0 Å². The summed E-state index contributed by atoms with van der Waals surface area (Å²) in [5.74, 6) is -4.36. The Morgan fingerprint density at radius 2 is 1.43 bits per heavy atom. The number of carbonyl (C=O) groups is 4. The van der Waals surface area contributed by atoms with Gasteiger partial charge in [0, 0.05) is 18.4 Å². The molecule has 0 amide bonds. The van der Waals surface area contributed by atoms with E-state index in [1.54, 1.807) is 0 Å². The monoisotopic (exact) mass is 406 g/mol. The number of methoxy groups -OCH3 is 2. The molecule has 0 atom stereocenters. The highest BCUT2D eigenvalue weighted by Crippen LogP contribution is 2.48. The minimum absolute atomic E-state index is 0.181. The fourth-order valence-corrected chi connectivity index (χ4v) is 3.17. The second-order valence-corrected chi connectivity index (χ2v) is 6.15. The van der Waals surface area contributed by atoms with Gasteiger partial charge in [-0.1, -0.05) is 0 Å². The number of esters is 3. The van der Waals surface area contributed by atoms with Crippen molar-refractivity contribution < 1.29 is 46.6 Å². The number of rotatable bonds is 6. The van der Waals surface area contributed by atoms with Crippen molar-refractivity contribution >= 4 is 23.7 Å². The van der Waals surface area contributed by atoms with Crippen molar-refractivity contribution in [3.8, 4) is 0 Å². The normalized spacial score (nSPS) is 17.0. The van der Waals surface area contributed by atoms with E-state index in [1.807, 2.05) is 0 Å². The second kappa shape index (κ2) is 8.57. The highest BCUT2D eigenvalue weighted by molar-refractivity contribution is 6.06. The van der Waals surface area contributed by atoms with Crippen LogP contribution in [-0.4, -0.2) is 50.7 Å². The Bertz CT molecular complexity index is 744. The topological polar surface area (TPSA) is 96.0 Å². The third kappa shape index (κ3) is 4.26. The van der Waals surface area contributed by atoms with Crippen LogP contribution in [0.3, 0.4) is 0 Å². The molecule has 10 heteroatoms. The molecule has 1 rings (SSSR count). The summed E-state index contributed by atoms with van der Waals surface area (Å²) < 4.78 is 54.3. The highest BCUT2D eigenvalue weighted by atomic mass is 19.4. The number of ketones is 1. The number of carbonyl (C=O) groups excluding carboxylic acids is 4. The van der Waals surface area contributed by atoms with Gasteiger partial charge in [0.1, 0.15) is 5.57 Å². The van der Waals surface area contributed by atoms with Crippen molar-refractivity contribution in [2.75, 3.05) is 20.8 Å². The molecule has 0 unspecified atom stereocenters. The van der Waals surface area contributed by atoms with Crippen molar-refractivity contribution in [1.82, 2.24) is 0 Å². The van der Waals surface area contributed by atoms with E-state index in [9.17, 15) is 32.3 Å². The van der Waals surface area contributed by atoms with Gasteiger partial charge in [-0.05, 0) is 31.9 Å². The number of ether oxygens (including phenoxy) is 3. The van der Waals surface area contributed by atoms with Crippen molar-refractivity contribution in [2.24, 2.45) is 5.41 Å². The van der Waals surface area contributed by atoms with Crippen LogP contribution in [0.25, 0.3) is 0 Å². The molecule has 0 aromatic heterocycles. The van der Waals surface area contributed by atoms with E-state index in [2.05, 4.69) is 14.2 Å². The maximum absolute atomic E-state index is 13.5. The van der Waals surface area contributed by atoms with Gasteiger partial charge < -0.3 is 14.2 Å². The predicted molar refractivity (Wildman–Crippen MR) is 88.8 cm³/mol. The molecule has 0 aliphatic heterocycles. The lowest BCUT2D eigenvalue weighted by Crippen LogP contribution is -2.39. The highest BCUT2D eigenvalue weighted by Gasteiger charge is 2.55. The van der Waals surface area contributed by atoms with Crippen LogP contribution in [0.4, 0.5) is 13.2 Å². The maximum atomic E-state index is 13.5. The van der Waals surface area contributed by atoms with Gasteiger partial charge in [0.25, 0.3) is 0 Å². The van der Waals surface area contributed by atoms with E-state index < -0.39 is 59.3 Å². The zero-order valence-electron chi connectivity index (χ0n) is 16.1. The van der Waals surface area contributed by atoms with E-state index in [1.165, 1.54) is 6.92 Å². The third-order valence-electron chi connectivity index (χ3n) is 4.49. The van der Waals surface area contributed by atoms with Gasteiger partial charge in [-0.15, -0.1) is 0 Å². The molecule has 1 aliphatic carbocycles. The zero-order valence-corrected chi connectivity index (χ0v) is 16.1. The molecule has 0 heterocycles. The molecule has 7 nitrogen and oxygen atoms in total. The molecule has 0 saturated carbocycles. The van der Waals surface area contributed by atoms with Gasteiger partial charge in [-0.3, -0.25) is 14.4 Å². The Morgan fingerprint density at radius 1 is 0.964 bits per heavy atom. The standard InChI is InChI=1S/C18H21F3O7/c1-6-28-14(23)13(18(19,20)21)9(2)11-7-17(15(24)26-4,16(25)27-5)8-12(11)10(3)22/h6-8H2,1-5H3/b13-9+. The molecular weight excluding hydrogens is 385 g/mol. The quantitative estimate of drug-likeness (QED) is 0.289. The summed E-state index contributed by atoms with van der Waals surface area (Å²) in [5, 5.41) is 0. The lowest BCUT2D eigenvalue weighted by Gasteiger charge is -2.24. The van der Waals surface area contributed by atoms with Crippen molar-refractivity contribution in [3.63, 3.8) is 0 Å². The Kier molecular flexibility index (Phi) is 7.16. The molecule has 0 saturated heterocycles. The summed E-state index contributed by atoms with van der Waals surface area (Å²) >= 11 is 0. The van der Waals surface area contributed by atoms with Crippen molar-refractivity contribution in [1.29, 1.82) is 0 Å². The minimum Gasteiger partial charge on any atom is -0.468 e. The Morgan fingerprint density at radius 3 is 1.79 bits per heavy atom. The maximum Gasteiger partial charge on any atom is 0.423 e. The number of hydrogen-bond donors (Lipinski definition) is 0. The predicted octanol–water partition coefficient (Wildman–Crippen LogP) is 2.44. The van der Waals surface area contributed by atoms with Crippen LogP contribution in [0.5, 0.6) is 0 Å². The van der Waals surface area contributed by atoms with E-state index in [0.29, 0.717) is 0 Å². The lowest BCUT2D eigenvalue weighted by molar-refractivity contribution is -0.168. The van der Waals surface area contributed by atoms with Gasteiger partial charge in [0.15, 0.2) is 11.2 Å². The van der Waals surface area contributed by atoms with Gasteiger partial charge in [-0.25, -0.2) is 4.79 Å². The Hall–Kier alpha value is -2.65. The fourth-order valence-electron chi connectivity index (χ4n) is 3.17. The number of alkyl halides is 3. The number of halogens is 3. The molecule has 0 bridgehead atoms. The van der Waals surface area contributed by atoms with Crippen LogP contribution >= 0.6 is 0 Å². The molecule has 1 aliphatic rings. The summed E-state index contributed by atoms with van der Waals surface area (Å²) in [6.45, 7) is 3.13. The largest absolute Gasteiger partial charge is 0.468 e. The van der Waals surface area contributed by atoms with E-state index in [-0.39, 0.29) is 17.8 Å². The molecule has 0 fully saturated rings. The van der Waals surface area contributed by atoms with Crippen LogP contribution in [0, 0.1) is 5.41 Å². The third-order valence-corrected chi connectivity index (χ3v) is 4.49. The first-order valence-electron chi connectivity index (χ1n) is 8.22. The van der Waals surface area contributed by atoms with Crippen LogP contribution in [-0.2, 0) is 33.4 Å². The van der Waals surface area contributed by atoms with Gasteiger partial charge in [0.05, 0.1) is 20.8 Å². The fraction of sp³-hybridized carbons (Fsp3) is 0.556. The van der Waals surface area contributed by atoms with Crippen LogP contribution in [0.1, 0.15) is 33.6 Å². The first-order chi connectivity index (χ1) is 12.9. The molecule has 0 aromatic carbocycles. The molecule has 28 heavy (non-hydrogen) atoms. The van der Waals surface area contributed by atoms with E-state index >= 15 is 0 Å². The van der Waals surface area contributed by atoms with Crippen molar-refractivity contribution in [3.05, 3.63) is 22.3 Å². The summed E-state index contributed by atoms with van der Waals surface area (Å²) in [4.78, 5) is 48.5. The van der Waals surface area contributed by atoms with Gasteiger partial charge >= 0.3 is 24.1 Å². The van der Waals surface area contributed by atoms with Crippen LogP contribution in [0.2, 0.25) is 0 Å². The summed E-state index contributed by atoms with van der Waals surface area (Å²) in [6.07, 6.45) is -6.15. The Labute approximate surface area is 159 Å². The average molecular weight is 406 g/mol. The Balaban J connectivity index is 3.71. The van der Waals surface area contributed by atoms with Gasteiger partial charge in [-0.2, -0.15) is 13.2 Å². The smallest absolute Gasteiger partial charge is 0.423 e. The first-order valence-corrected chi connectivity index (χ1v) is 8.22. The van der Waals surface area contributed by atoms with E-state index in [0.717, 1.165) is 28.1 Å². The second-order valence-electron chi connectivity index (χ2n) is 6.15. The van der Waals surface area contributed by atoms with E-state index in [4.69, 9.17) is 0 Å². The minimum atomic E-state index is -5.08. The first kappa shape index (κ1) is 23.4. The number of hydrogen-bond acceptors (Lipinski definition) is 7. The molecule has 0 radical (unpaired) electrons. The van der Waals surface area contributed by atoms with Crippen LogP contribution < -0.4 is 0 Å².